The molecule has 2 heterocycles. The SMILES string of the molecule is Cc1cc(-c2cccc(-c3c(C)noc3C)c2)c(C#N)c(=O)[nH]1. The van der Waals surface area contributed by atoms with Gasteiger partial charge in [0.25, 0.3) is 5.56 Å². The van der Waals surface area contributed by atoms with Crippen molar-refractivity contribution in [3.05, 3.63) is 63.4 Å². The maximum absolute atomic E-state index is 12.0. The molecule has 0 fully saturated rings. The molecule has 1 N–H and O–H groups in total. The van der Waals surface area contributed by atoms with E-state index < -0.39 is 0 Å². The molecular weight excluding hydrogens is 290 g/mol. The van der Waals surface area contributed by atoms with Crippen LogP contribution in [0, 0.1) is 32.1 Å². The smallest absolute Gasteiger partial charge is 0.266 e. The van der Waals surface area contributed by atoms with Gasteiger partial charge in [-0.2, -0.15) is 5.26 Å². The lowest BCUT2D eigenvalue weighted by atomic mass is 9.96. The predicted octanol–water partition coefficient (Wildman–Crippen LogP) is 3.49. The van der Waals surface area contributed by atoms with Crippen LogP contribution in [0.3, 0.4) is 0 Å². The summed E-state index contributed by atoms with van der Waals surface area (Å²) in [5.74, 6) is 0.738. The first-order valence-corrected chi connectivity index (χ1v) is 7.19. The number of aromatic amines is 1. The van der Waals surface area contributed by atoms with Crippen LogP contribution in [0.25, 0.3) is 22.3 Å². The van der Waals surface area contributed by atoms with Gasteiger partial charge in [-0.25, -0.2) is 0 Å². The summed E-state index contributed by atoms with van der Waals surface area (Å²) in [7, 11) is 0. The molecule has 1 aromatic carbocycles. The fourth-order valence-corrected chi connectivity index (χ4v) is 2.76. The third kappa shape index (κ3) is 2.55. The van der Waals surface area contributed by atoms with E-state index in [1.54, 1.807) is 6.92 Å². The number of nitrogens with one attached hydrogen (secondary N) is 1. The van der Waals surface area contributed by atoms with Gasteiger partial charge in [0.15, 0.2) is 0 Å². The van der Waals surface area contributed by atoms with E-state index in [-0.39, 0.29) is 11.1 Å². The third-order valence-electron chi connectivity index (χ3n) is 3.78. The fourth-order valence-electron chi connectivity index (χ4n) is 2.76. The number of hydrogen-bond acceptors (Lipinski definition) is 4. The van der Waals surface area contributed by atoms with E-state index in [0.29, 0.717) is 11.3 Å². The minimum absolute atomic E-state index is 0.117. The molecule has 0 radical (unpaired) electrons. The van der Waals surface area contributed by atoms with Crippen LogP contribution in [0.1, 0.15) is 22.7 Å². The van der Waals surface area contributed by atoms with Gasteiger partial charge in [0.2, 0.25) is 0 Å². The molecule has 0 saturated heterocycles. The molecule has 0 aliphatic rings. The molecule has 0 bridgehead atoms. The topological polar surface area (TPSA) is 82.7 Å². The first-order chi connectivity index (χ1) is 11.0. The van der Waals surface area contributed by atoms with Gasteiger partial charge < -0.3 is 9.51 Å². The number of benzene rings is 1. The minimum atomic E-state index is -0.370. The Morgan fingerprint density at radius 2 is 1.91 bits per heavy atom. The summed E-state index contributed by atoms with van der Waals surface area (Å²) in [6.45, 7) is 5.54. The molecule has 0 unspecified atom stereocenters. The lowest BCUT2D eigenvalue weighted by molar-refractivity contribution is 0.393. The van der Waals surface area contributed by atoms with E-state index in [1.807, 2.05) is 50.2 Å². The van der Waals surface area contributed by atoms with Crippen LogP contribution in [0.5, 0.6) is 0 Å². The lowest BCUT2D eigenvalue weighted by Crippen LogP contribution is -2.12. The van der Waals surface area contributed by atoms with Crippen LogP contribution in [0.2, 0.25) is 0 Å². The summed E-state index contributed by atoms with van der Waals surface area (Å²) in [5, 5.41) is 13.3. The average Bonchev–Trinajstić information content (AvgIpc) is 2.85. The molecule has 2 aromatic heterocycles. The Bertz CT molecular complexity index is 971. The van der Waals surface area contributed by atoms with Crippen molar-refractivity contribution in [3.8, 4) is 28.3 Å². The van der Waals surface area contributed by atoms with Crippen molar-refractivity contribution in [3.63, 3.8) is 0 Å². The highest BCUT2D eigenvalue weighted by Gasteiger charge is 2.14. The second kappa shape index (κ2) is 5.58. The molecular formula is C18H15N3O2. The quantitative estimate of drug-likeness (QED) is 0.785. The van der Waals surface area contributed by atoms with Crippen LogP contribution in [0.15, 0.2) is 39.6 Å². The van der Waals surface area contributed by atoms with E-state index in [9.17, 15) is 10.1 Å². The zero-order valence-corrected chi connectivity index (χ0v) is 13.1. The maximum Gasteiger partial charge on any atom is 0.266 e. The fraction of sp³-hybridized carbons (Fsp3) is 0.167. The zero-order valence-electron chi connectivity index (χ0n) is 13.1. The molecule has 3 rings (SSSR count). The molecule has 23 heavy (non-hydrogen) atoms. The number of hydrogen-bond donors (Lipinski definition) is 1. The lowest BCUT2D eigenvalue weighted by Gasteiger charge is -2.08. The summed E-state index contributed by atoms with van der Waals surface area (Å²) in [6.07, 6.45) is 0. The molecule has 0 atom stereocenters. The standard InChI is InChI=1S/C18H15N3O2/c1-10-7-15(16(9-19)18(22)20-10)13-5-4-6-14(8-13)17-11(2)21-23-12(17)3/h4-8H,1-3H3,(H,20,22). The van der Waals surface area contributed by atoms with Crippen LogP contribution in [0.4, 0.5) is 0 Å². The summed E-state index contributed by atoms with van der Waals surface area (Å²) in [6, 6.07) is 11.5. The van der Waals surface area contributed by atoms with Gasteiger partial charge in [0.1, 0.15) is 17.4 Å². The van der Waals surface area contributed by atoms with Crippen LogP contribution in [-0.4, -0.2) is 10.1 Å². The Hall–Kier alpha value is -3.13. The number of nitriles is 1. The number of aromatic nitrogens is 2. The second-order valence-corrected chi connectivity index (χ2v) is 5.46. The van der Waals surface area contributed by atoms with Crippen molar-refractivity contribution in [2.45, 2.75) is 20.8 Å². The highest BCUT2D eigenvalue weighted by molar-refractivity contribution is 5.77. The summed E-state index contributed by atoms with van der Waals surface area (Å²) in [4.78, 5) is 14.6. The molecule has 5 heteroatoms. The number of H-pyrrole nitrogens is 1. The number of rotatable bonds is 2. The molecule has 5 nitrogen and oxygen atoms in total. The highest BCUT2D eigenvalue weighted by atomic mass is 16.5. The molecule has 114 valence electrons. The van der Waals surface area contributed by atoms with Crippen molar-refractivity contribution >= 4 is 0 Å². The molecule has 0 amide bonds. The van der Waals surface area contributed by atoms with Crippen molar-refractivity contribution in [2.24, 2.45) is 0 Å². The van der Waals surface area contributed by atoms with Gasteiger partial charge in [-0.1, -0.05) is 23.4 Å². The van der Waals surface area contributed by atoms with Gasteiger partial charge in [-0.05, 0) is 44.0 Å². The Balaban J connectivity index is 2.23. The predicted molar refractivity (Wildman–Crippen MR) is 86.9 cm³/mol. The summed E-state index contributed by atoms with van der Waals surface area (Å²) in [5.41, 5.74) is 4.59. The maximum atomic E-state index is 12.0. The van der Waals surface area contributed by atoms with Gasteiger partial charge in [-0.15, -0.1) is 0 Å². The Labute approximate surface area is 133 Å². The summed E-state index contributed by atoms with van der Waals surface area (Å²) < 4.78 is 5.22. The monoisotopic (exact) mass is 305 g/mol. The molecule has 3 aromatic rings. The summed E-state index contributed by atoms with van der Waals surface area (Å²) >= 11 is 0. The van der Waals surface area contributed by atoms with Crippen LogP contribution >= 0.6 is 0 Å². The van der Waals surface area contributed by atoms with E-state index in [4.69, 9.17) is 4.52 Å². The molecule has 0 aliphatic carbocycles. The second-order valence-electron chi connectivity index (χ2n) is 5.46. The van der Waals surface area contributed by atoms with Gasteiger partial charge >= 0.3 is 0 Å². The minimum Gasteiger partial charge on any atom is -0.361 e. The van der Waals surface area contributed by atoms with E-state index >= 15 is 0 Å². The third-order valence-corrected chi connectivity index (χ3v) is 3.78. The van der Waals surface area contributed by atoms with Crippen LogP contribution < -0.4 is 5.56 Å². The number of nitrogens with zero attached hydrogens (tertiary/aromatic N) is 2. The van der Waals surface area contributed by atoms with Crippen molar-refractivity contribution in [2.75, 3.05) is 0 Å². The Kier molecular flexibility index (Phi) is 3.59. The van der Waals surface area contributed by atoms with Gasteiger partial charge in [0.05, 0.1) is 5.69 Å². The average molecular weight is 305 g/mol. The van der Waals surface area contributed by atoms with Crippen LogP contribution in [-0.2, 0) is 0 Å². The molecule has 0 spiro atoms. The zero-order chi connectivity index (χ0) is 16.6. The molecule has 0 aliphatic heterocycles. The Morgan fingerprint density at radius 3 is 2.57 bits per heavy atom. The Morgan fingerprint density at radius 1 is 1.17 bits per heavy atom. The highest BCUT2D eigenvalue weighted by Crippen LogP contribution is 2.31. The van der Waals surface area contributed by atoms with Gasteiger partial charge in [-0.3, -0.25) is 4.79 Å². The van der Waals surface area contributed by atoms with E-state index in [2.05, 4.69) is 10.1 Å². The first-order valence-electron chi connectivity index (χ1n) is 7.19. The van der Waals surface area contributed by atoms with Crippen molar-refractivity contribution in [1.82, 2.24) is 10.1 Å². The first kappa shape index (κ1) is 14.8. The van der Waals surface area contributed by atoms with E-state index in [1.165, 1.54) is 0 Å². The normalized spacial score (nSPS) is 10.5. The number of aryl methyl sites for hydroxylation is 3. The largest absolute Gasteiger partial charge is 0.361 e. The van der Waals surface area contributed by atoms with E-state index in [0.717, 1.165) is 28.1 Å². The number of pyridine rings is 1. The van der Waals surface area contributed by atoms with Crippen molar-refractivity contribution < 1.29 is 4.52 Å². The van der Waals surface area contributed by atoms with Crippen molar-refractivity contribution in [1.29, 1.82) is 5.26 Å². The van der Waals surface area contributed by atoms with Gasteiger partial charge in [0, 0.05) is 16.8 Å². The molecule has 0 saturated carbocycles.